The van der Waals surface area contributed by atoms with Crippen molar-refractivity contribution >= 4 is 5.69 Å². The van der Waals surface area contributed by atoms with E-state index in [1.54, 1.807) is 18.2 Å². The minimum absolute atomic E-state index is 0.0315. The Morgan fingerprint density at radius 1 is 1.15 bits per heavy atom. The van der Waals surface area contributed by atoms with Gasteiger partial charge < -0.3 is 5.32 Å². The molecule has 0 fully saturated rings. The lowest BCUT2D eigenvalue weighted by molar-refractivity contribution is -0.384. The maximum atomic E-state index is 10.6. The molecule has 0 amide bonds. The molecule has 2 rings (SSSR count). The Hall–Kier alpha value is -2.46. The highest BCUT2D eigenvalue weighted by Crippen LogP contribution is 2.19. The molecule has 0 heterocycles. The summed E-state index contributed by atoms with van der Waals surface area (Å²) in [6.45, 7) is 4.53. The van der Waals surface area contributed by atoms with Crippen molar-refractivity contribution in [3.63, 3.8) is 0 Å². The first-order valence-electron chi connectivity index (χ1n) is 6.35. The number of nitrogens with one attached hydrogen (secondary N) is 1. The summed E-state index contributed by atoms with van der Waals surface area (Å²) in [4.78, 5) is 10.2. The number of rotatable bonds is 6. The van der Waals surface area contributed by atoms with Crippen LogP contribution in [0.4, 0.5) is 5.69 Å². The highest BCUT2D eigenvalue weighted by Gasteiger charge is 2.09. The molecule has 0 aliphatic rings. The van der Waals surface area contributed by atoms with Gasteiger partial charge in [0.1, 0.15) is 0 Å². The second kappa shape index (κ2) is 6.63. The Balaban J connectivity index is 2.04. The molecular weight excluding hydrogens is 252 g/mol. The first kappa shape index (κ1) is 14.0. The minimum Gasteiger partial charge on any atom is -0.303 e. The zero-order chi connectivity index (χ0) is 14.4. The number of hydrogen-bond donors (Lipinski definition) is 1. The first-order valence-corrected chi connectivity index (χ1v) is 6.35. The van der Waals surface area contributed by atoms with E-state index >= 15 is 0 Å². The van der Waals surface area contributed by atoms with Gasteiger partial charge in [-0.05, 0) is 11.1 Å². The van der Waals surface area contributed by atoms with Gasteiger partial charge in [-0.15, -0.1) is 6.58 Å². The number of nitro groups is 1. The van der Waals surface area contributed by atoms with E-state index in [1.807, 2.05) is 30.3 Å². The molecule has 102 valence electrons. The SMILES string of the molecule is C=C[C@@H](NCc1ccccc1)c1ccc([N+](=O)[O-])cc1. The lowest BCUT2D eigenvalue weighted by atomic mass is 10.1. The molecular formula is C16H16N2O2. The molecule has 0 radical (unpaired) electrons. The zero-order valence-electron chi connectivity index (χ0n) is 11.0. The van der Waals surface area contributed by atoms with Crippen LogP contribution in [0.25, 0.3) is 0 Å². The van der Waals surface area contributed by atoms with Gasteiger partial charge in [0.05, 0.1) is 11.0 Å². The van der Waals surface area contributed by atoms with E-state index in [-0.39, 0.29) is 11.7 Å². The van der Waals surface area contributed by atoms with Crippen molar-refractivity contribution < 1.29 is 4.92 Å². The van der Waals surface area contributed by atoms with Crippen molar-refractivity contribution in [2.75, 3.05) is 0 Å². The number of nitro benzene ring substituents is 1. The number of nitrogens with zero attached hydrogens (tertiary/aromatic N) is 1. The maximum absolute atomic E-state index is 10.6. The van der Waals surface area contributed by atoms with Crippen LogP contribution < -0.4 is 5.32 Å². The van der Waals surface area contributed by atoms with Crippen molar-refractivity contribution in [1.29, 1.82) is 0 Å². The van der Waals surface area contributed by atoms with Crippen molar-refractivity contribution in [2.24, 2.45) is 0 Å². The largest absolute Gasteiger partial charge is 0.303 e. The van der Waals surface area contributed by atoms with Crippen LogP contribution in [-0.4, -0.2) is 4.92 Å². The van der Waals surface area contributed by atoms with Gasteiger partial charge >= 0.3 is 0 Å². The van der Waals surface area contributed by atoms with Gasteiger partial charge in [0.2, 0.25) is 0 Å². The van der Waals surface area contributed by atoms with Crippen LogP contribution in [0.1, 0.15) is 17.2 Å². The van der Waals surface area contributed by atoms with E-state index in [0.29, 0.717) is 6.54 Å². The topological polar surface area (TPSA) is 55.2 Å². The Labute approximate surface area is 117 Å². The monoisotopic (exact) mass is 268 g/mol. The Kier molecular flexibility index (Phi) is 4.63. The fraction of sp³-hybridized carbons (Fsp3) is 0.125. The highest BCUT2D eigenvalue weighted by molar-refractivity contribution is 5.35. The Morgan fingerprint density at radius 2 is 1.80 bits per heavy atom. The summed E-state index contributed by atoms with van der Waals surface area (Å²) < 4.78 is 0. The molecule has 1 N–H and O–H groups in total. The zero-order valence-corrected chi connectivity index (χ0v) is 11.0. The van der Waals surface area contributed by atoms with Gasteiger partial charge in [0.25, 0.3) is 5.69 Å². The second-order valence-corrected chi connectivity index (χ2v) is 4.43. The molecule has 0 saturated carbocycles. The second-order valence-electron chi connectivity index (χ2n) is 4.43. The van der Waals surface area contributed by atoms with Gasteiger partial charge in [-0.3, -0.25) is 10.1 Å². The molecule has 0 saturated heterocycles. The van der Waals surface area contributed by atoms with Crippen molar-refractivity contribution in [1.82, 2.24) is 5.32 Å². The third kappa shape index (κ3) is 3.52. The summed E-state index contributed by atoms with van der Waals surface area (Å²) in [5, 5.41) is 14.0. The highest BCUT2D eigenvalue weighted by atomic mass is 16.6. The Morgan fingerprint density at radius 3 is 2.35 bits per heavy atom. The summed E-state index contributed by atoms with van der Waals surface area (Å²) in [7, 11) is 0. The third-order valence-electron chi connectivity index (χ3n) is 3.07. The predicted octanol–water partition coefficient (Wildman–Crippen LogP) is 3.61. The van der Waals surface area contributed by atoms with Gasteiger partial charge in [-0.2, -0.15) is 0 Å². The predicted molar refractivity (Wildman–Crippen MR) is 79.3 cm³/mol. The average Bonchev–Trinajstić information content (AvgIpc) is 2.49. The minimum atomic E-state index is -0.399. The molecule has 1 atom stereocenters. The molecule has 4 heteroatoms. The number of hydrogen-bond acceptors (Lipinski definition) is 3. The molecule has 2 aromatic rings. The summed E-state index contributed by atoms with van der Waals surface area (Å²) >= 11 is 0. The fourth-order valence-corrected chi connectivity index (χ4v) is 1.96. The average molecular weight is 268 g/mol. The van der Waals surface area contributed by atoms with Crippen LogP contribution in [0.15, 0.2) is 67.3 Å². The molecule has 0 bridgehead atoms. The molecule has 0 aliphatic carbocycles. The summed E-state index contributed by atoms with van der Waals surface area (Å²) in [6.07, 6.45) is 1.80. The molecule has 2 aromatic carbocycles. The maximum Gasteiger partial charge on any atom is 0.269 e. The first-order chi connectivity index (χ1) is 9.70. The molecule has 0 spiro atoms. The van der Waals surface area contributed by atoms with Gasteiger partial charge in [-0.1, -0.05) is 48.5 Å². The van der Waals surface area contributed by atoms with Crippen LogP contribution in [0, 0.1) is 10.1 Å². The summed E-state index contributed by atoms with van der Waals surface area (Å²) in [6, 6.07) is 16.5. The van der Waals surface area contributed by atoms with Crippen LogP contribution in [0.2, 0.25) is 0 Å². The van der Waals surface area contributed by atoms with Crippen LogP contribution in [-0.2, 0) is 6.54 Å². The van der Waals surface area contributed by atoms with E-state index in [1.165, 1.54) is 17.7 Å². The third-order valence-corrected chi connectivity index (χ3v) is 3.07. The molecule has 20 heavy (non-hydrogen) atoms. The summed E-state index contributed by atoms with van der Waals surface area (Å²) in [5.41, 5.74) is 2.24. The van der Waals surface area contributed by atoms with Gasteiger partial charge in [-0.25, -0.2) is 0 Å². The van der Waals surface area contributed by atoms with Crippen molar-refractivity contribution in [2.45, 2.75) is 12.6 Å². The van der Waals surface area contributed by atoms with Gasteiger partial charge in [0.15, 0.2) is 0 Å². The Bertz CT molecular complexity index is 579. The number of non-ortho nitro benzene ring substituents is 1. The summed E-state index contributed by atoms with van der Waals surface area (Å²) in [5.74, 6) is 0. The van der Waals surface area contributed by atoms with E-state index in [4.69, 9.17) is 0 Å². The molecule has 0 aromatic heterocycles. The standard InChI is InChI=1S/C16H16N2O2/c1-2-16(17-12-13-6-4-3-5-7-13)14-8-10-15(11-9-14)18(19)20/h2-11,16-17H,1,12H2/t16-/m1/s1. The van der Waals surface area contributed by atoms with Crippen LogP contribution in [0.5, 0.6) is 0 Å². The molecule has 0 unspecified atom stereocenters. The lowest BCUT2D eigenvalue weighted by Gasteiger charge is -2.15. The van der Waals surface area contributed by atoms with Gasteiger partial charge in [0, 0.05) is 18.7 Å². The van der Waals surface area contributed by atoms with Crippen molar-refractivity contribution in [3.05, 3.63) is 88.5 Å². The van der Waals surface area contributed by atoms with E-state index in [9.17, 15) is 10.1 Å². The van der Waals surface area contributed by atoms with E-state index in [0.717, 1.165) is 5.56 Å². The van der Waals surface area contributed by atoms with E-state index < -0.39 is 4.92 Å². The fourth-order valence-electron chi connectivity index (χ4n) is 1.96. The normalized spacial score (nSPS) is 11.8. The molecule has 4 nitrogen and oxygen atoms in total. The lowest BCUT2D eigenvalue weighted by Crippen LogP contribution is -2.18. The smallest absolute Gasteiger partial charge is 0.269 e. The van der Waals surface area contributed by atoms with Crippen LogP contribution >= 0.6 is 0 Å². The quantitative estimate of drug-likeness (QED) is 0.494. The van der Waals surface area contributed by atoms with Crippen molar-refractivity contribution in [3.8, 4) is 0 Å². The van der Waals surface area contributed by atoms with Crippen LogP contribution in [0.3, 0.4) is 0 Å². The number of benzene rings is 2. The molecule has 0 aliphatic heterocycles. The van der Waals surface area contributed by atoms with E-state index in [2.05, 4.69) is 11.9 Å².